The predicted octanol–water partition coefficient (Wildman–Crippen LogP) is 1.19. The van der Waals surface area contributed by atoms with Crippen LogP contribution in [0.2, 0.25) is 0 Å². The van der Waals surface area contributed by atoms with Crippen molar-refractivity contribution >= 4 is 5.97 Å². The maximum Gasteiger partial charge on any atom is 0.321 e. The molecule has 74 valence electrons. The topological polar surface area (TPSA) is 40.5 Å². The molecule has 2 fully saturated rings. The van der Waals surface area contributed by atoms with Crippen molar-refractivity contribution in [1.82, 2.24) is 4.90 Å². The van der Waals surface area contributed by atoms with Crippen LogP contribution in [-0.2, 0) is 4.79 Å². The molecule has 1 saturated carbocycles. The Kier molecular flexibility index (Phi) is 2.06. The molecule has 1 N–H and O–H groups in total. The van der Waals surface area contributed by atoms with Gasteiger partial charge in [-0.3, -0.25) is 9.69 Å². The van der Waals surface area contributed by atoms with Crippen molar-refractivity contribution in [2.45, 2.75) is 38.8 Å². The average Bonchev–Trinajstić information content (AvgIpc) is 2.80. The fourth-order valence-electron chi connectivity index (χ4n) is 2.37. The minimum Gasteiger partial charge on any atom is -0.480 e. The first-order valence-electron chi connectivity index (χ1n) is 5.10. The molecule has 0 bridgehead atoms. The minimum atomic E-state index is -0.635. The quantitative estimate of drug-likeness (QED) is 0.699. The highest BCUT2D eigenvalue weighted by atomic mass is 16.4. The van der Waals surface area contributed by atoms with E-state index in [1.165, 1.54) is 12.8 Å². The molecule has 0 amide bonds. The molecule has 1 heterocycles. The number of hydrogen-bond donors (Lipinski definition) is 1. The number of rotatable bonds is 2. The van der Waals surface area contributed by atoms with Gasteiger partial charge in [-0.05, 0) is 24.7 Å². The van der Waals surface area contributed by atoms with Gasteiger partial charge in [0.2, 0.25) is 0 Å². The van der Waals surface area contributed by atoms with Crippen molar-refractivity contribution in [2.24, 2.45) is 11.8 Å². The second kappa shape index (κ2) is 2.98. The molecule has 0 spiro atoms. The molecule has 2 aliphatic rings. The Morgan fingerprint density at radius 1 is 1.38 bits per heavy atom. The lowest BCUT2D eigenvalue weighted by Crippen LogP contribution is -2.40. The van der Waals surface area contributed by atoms with Crippen molar-refractivity contribution in [3.8, 4) is 0 Å². The van der Waals surface area contributed by atoms with Gasteiger partial charge in [0.15, 0.2) is 0 Å². The van der Waals surface area contributed by atoms with Crippen LogP contribution in [0.5, 0.6) is 0 Å². The van der Waals surface area contributed by atoms with Crippen LogP contribution in [0.15, 0.2) is 0 Å². The van der Waals surface area contributed by atoms with Crippen LogP contribution in [-0.4, -0.2) is 34.6 Å². The molecule has 3 heteroatoms. The van der Waals surface area contributed by atoms with Gasteiger partial charge < -0.3 is 5.11 Å². The molecular formula is C10H17NO2. The Morgan fingerprint density at radius 3 is 2.46 bits per heavy atom. The maximum atomic E-state index is 11.1. The number of carboxylic acids is 1. The highest BCUT2D eigenvalue weighted by Gasteiger charge is 2.46. The van der Waals surface area contributed by atoms with Gasteiger partial charge in [-0.15, -0.1) is 0 Å². The lowest BCUT2D eigenvalue weighted by molar-refractivity contribution is -0.143. The number of aliphatic carboxylic acids is 1. The summed E-state index contributed by atoms with van der Waals surface area (Å²) >= 11 is 0. The summed E-state index contributed by atoms with van der Waals surface area (Å²) in [7, 11) is 0. The van der Waals surface area contributed by atoms with Crippen molar-refractivity contribution in [3.05, 3.63) is 0 Å². The molecule has 3 atom stereocenters. The lowest BCUT2D eigenvalue weighted by Gasteiger charge is -2.22. The first-order valence-corrected chi connectivity index (χ1v) is 5.10. The van der Waals surface area contributed by atoms with Crippen molar-refractivity contribution in [2.75, 3.05) is 6.54 Å². The second-order valence-corrected chi connectivity index (χ2v) is 4.55. The van der Waals surface area contributed by atoms with Gasteiger partial charge in [0.1, 0.15) is 6.04 Å². The summed E-state index contributed by atoms with van der Waals surface area (Å²) in [5.41, 5.74) is 0. The standard InChI is InChI=1S/C10H17NO2/c1-6-5-11(8-3-4-8)9(7(6)2)10(12)13/h6-9H,3-5H2,1-2H3,(H,12,13)/t6?,7?,9-/m0/s1. The highest BCUT2D eigenvalue weighted by molar-refractivity contribution is 5.74. The second-order valence-electron chi connectivity index (χ2n) is 4.55. The molecule has 1 aliphatic carbocycles. The van der Waals surface area contributed by atoms with Crippen LogP contribution in [0, 0.1) is 11.8 Å². The van der Waals surface area contributed by atoms with Crippen LogP contribution >= 0.6 is 0 Å². The molecule has 2 unspecified atom stereocenters. The van der Waals surface area contributed by atoms with E-state index in [-0.39, 0.29) is 6.04 Å². The normalized spacial score (nSPS) is 40.9. The number of likely N-dealkylation sites (tertiary alicyclic amines) is 1. The molecule has 0 aromatic heterocycles. The Morgan fingerprint density at radius 2 is 2.00 bits per heavy atom. The monoisotopic (exact) mass is 183 g/mol. The molecule has 1 saturated heterocycles. The lowest BCUT2D eigenvalue weighted by atomic mass is 9.94. The summed E-state index contributed by atoms with van der Waals surface area (Å²) in [6.07, 6.45) is 2.40. The van der Waals surface area contributed by atoms with E-state index in [1.54, 1.807) is 0 Å². The molecule has 0 aromatic carbocycles. The van der Waals surface area contributed by atoms with Gasteiger partial charge in [-0.25, -0.2) is 0 Å². The molecular weight excluding hydrogens is 166 g/mol. The number of nitrogens with zero attached hydrogens (tertiary/aromatic N) is 1. The van der Waals surface area contributed by atoms with E-state index < -0.39 is 5.97 Å². The van der Waals surface area contributed by atoms with Gasteiger partial charge in [0, 0.05) is 12.6 Å². The maximum absolute atomic E-state index is 11.1. The van der Waals surface area contributed by atoms with E-state index in [4.69, 9.17) is 5.11 Å². The van der Waals surface area contributed by atoms with E-state index in [0.717, 1.165) is 6.54 Å². The summed E-state index contributed by atoms with van der Waals surface area (Å²) in [4.78, 5) is 13.3. The van der Waals surface area contributed by atoms with Crippen LogP contribution < -0.4 is 0 Å². The van der Waals surface area contributed by atoms with E-state index in [1.807, 2.05) is 0 Å². The van der Waals surface area contributed by atoms with Crippen LogP contribution in [0.25, 0.3) is 0 Å². The third kappa shape index (κ3) is 1.46. The Hall–Kier alpha value is -0.570. The Labute approximate surface area is 78.7 Å². The number of carboxylic acid groups (broad SMARTS) is 1. The van der Waals surface area contributed by atoms with E-state index in [2.05, 4.69) is 18.7 Å². The number of carbonyl (C=O) groups is 1. The fraction of sp³-hybridized carbons (Fsp3) is 0.900. The van der Waals surface area contributed by atoms with Gasteiger partial charge in [0.05, 0.1) is 0 Å². The van der Waals surface area contributed by atoms with Crippen LogP contribution in [0.3, 0.4) is 0 Å². The third-order valence-electron chi connectivity index (χ3n) is 3.52. The van der Waals surface area contributed by atoms with Gasteiger partial charge in [-0.2, -0.15) is 0 Å². The van der Waals surface area contributed by atoms with Crippen molar-refractivity contribution in [3.63, 3.8) is 0 Å². The summed E-state index contributed by atoms with van der Waals surface area (Å²) in [6, 6.07) is 0.357. The summed E-state index contributed by atoms with van der Waals surface area (Å²) in [5, 5.41) is 9.11. The first kappa shape index (κ1) is 9.00. The Balaban J connectivity index is 2.13. The highest BCUT2D eigenvalue weighted by Crippen LogP contribution is 2.38. The molecule has 13 heavy (non-hydrogen) atoms. The van der Waals surface area contributed by atoms with Gasteiger partial charge >= 0.3 is 5.97 Å². The Bertz CT molecular complexity index is 225. The molecule has 2 rings (SSSR count). The zero-order valence-corrected chi connectivity index (χ0v) is 8.23. The molecule has 3 nitrogen and oxygen atoms in total. The largest absolute Gasteiger partial charge is 0.480 e. The smallest absolute Gasteiger partial charge is 0.321 e. The first-order chi connectivity index (χ1) is 6.11. The minimum absolute atomic E-state index is 0.220. The fourth-order valence-corrected chi connectivity index (χ4v) is 2.37. The summed E-state index contributed by atoms with van der Waals surface area (Å²) in [6.45, 7) is 5.19. The molecule has 0 radical (unpaired) electrons. The van der Waals surface area contributed by atoms with E-state index in [9.17, 15) is 4.79 Å². The number of hydrogen-bond acceptors (Lipinski definition) is 2. The zero-order chi connectivity index (χ0) is 9.59. The van der Waals surface area contributed by atoms with Crippen LogP contribution in [0.1, 0.15) is 26.7 Å². The SMILES string of the molecule is CC1CN(C2CC2)[C@H](C(=O)O)C1C. The molecule has 1 aliphatic heterocycles. The van der Waals surface area contributed by atoms with Crippen molar-refractivity contribution in [1.29, 1.82) is 0 Å². The average molecular weight is 183 g/mol. The zero-order valence-electron chi connectivity index (χ0n) is 8.23. The molecule has 0 aromatic rings. The van der Waals surface area contributed by atoms with Gasteiger partial charge in [0.25, 0.3) is 0 Å². The summed E-state index contributed by atoms with van der Waals surface area (Å²) in [5.74, 6) is 0.198. The summed E-state index contributed by atoms with van der Waals surface area (Å²) < 4.78 is 0. The van der Waals surface area contributed by atoms with Crippen LogP contribution in [0.4, 0.5) is 0 Å². The van der Waals surface area contributed by atoms with Gasteiger partial charge in [-0.1, -0.05) is 13.8 Å². The predicted molar refractivity (Wildman–Crippen MR) is 49.5 cm³/mol. The van der Waals surface area contributed by atoms with E-state index >= 15 is 0 Å². The van der Waals surface area contributed by atoms with E-state index in [0.29, 0.717) is 17.9 Å². The van der Waals surface area contributed by atoms with Crippen molar-refractivity contribution < 1.29 is 9.90 Å². The third-order valence-corrected chi connectivity index (χ3v) is 3.52.